The van der Waals surface area contributed by atoms with Gasteiger partial charge in [0.25, 0.3) is 0 Å². The van der Waals surface area contributed by atoms with E-state index >= 15 is 0 Å². The Kier molecular flexibility index (Phi) is 2.60. The SMILES string of the molecule is Cc1ccc([C@H]2C[C@H](C)CN2)c(C)c1. The number of hydrogen-bond acceptors (Lipinski definition) is 1. The van der Waals surface area contributed by atoms with E-state index in [2.05, 4.69) is 44.3 Å². The Balaban J connectivity index is 2.24. The summed E-state index contributed by atoms with van der Waals surface area (Å²) in [6, 6.07) is 7.36. The average Bonchev–Trinajstić information content (AvgIpc) is 2.51. The fourth-order valence-electron chi connectivity index (χ4n) is 2.37. The molecule has 76 valence electrons. The molecule has 1 aliphatic heterocycles. The molecule has 14 heavy (non-hydrogen) atoms. The van der Waals surface area contributed by atoms with Gasteiger partial charge in [-0.2, -0.15) is 0 Å². The molecular formula is C13H19N. The van der Waals surface area contributed by atoms with Crippen LogP contribution in [0.3, 0.4) is 0 Å². The average molecular weight is 189 g/mol. The summed E-state index contributed by atoms with van der Waals surface area (Å²) in [6.07, 6.45) is 1.28. The van der Waals surface area contributed by atoms with E-state index in [0.717, 1.165) is 12.5 Å². The second-order valence-electron chi connectivity index (χ2n) is 4.66. The Morgan fingerprint density at radius 2 is 2.07 bits per heavy atom. The molecule has 0 aliphatic carbocycles. The molecule has 0 bridgehead atoms. The minimum absolute atomic E-state index is 0.589. The lowest BCUT2D eigenvalue weighted by molar-refractivity contribution is 0.609. The monoisotopic (exact) mass is 189 g/mol. The molecule has 1 saturated heterocycles. The van der Waals surface area contributed by atoms with Crippen molar-refractivity contribution in [1.82, 2.24) is 5.32 Å². The number of aryl methyl sites for hydroxylation is 2. The molecule has 1 aromatic rings. The van der Waals surface area contributed by atoms with Crippen LogP contribution < -0.4 is 5.32 Å². The summed E-state index contributed by atoms with van der Waals surface area (Å²) in [7, 11) is 0. The van der Waals surface area contributed by atoms with Crippen molar-refractivity contribution in [3.8, 4) is 0 Å². The fourth-order valence-corrected chi connectivity index (χ4v) is 2.37. The zero-order chi connectivity index (χ0) is 10.1. The maximum absolute atomic E-state index is 3.58. The normalized spacial score (nSPS) is 26.8. The first kappa shape index (κ1) is 9.72. The fraction of sp³-hybridized carbons (Fsp3) is 0.538. The summed E-state index contributed by atoms with van der Waals surface area (Å²) >= 11 is 0. The van der Waals surface area contributed by atoms with Gasteiger partial charge < -0.3 is 5.32 Å². The zero-order valence-electron chi connectivity index (χ0n) is 9.30. The third-order valence-corrected chi connectivity index (χ3v) is 3.15. The topological polar surface area (TPSA) is 12.0 Å². The lowest BCUT2D eigenvalue weighted by atomic mass is 9.96. The number of benzene rings is 1. The molecule has 2 rings (SSSR count). The summed E-state index contributed by atoms with van der Waals surface area (Å²) < 4.78 is 0. The maximum Gasteiger partial charge on any atom is 0.0325 e. The van der Waals surface area contributed by atoms with Gasteiger partial charge in [0.2, 0.25) is 0 Å². The first-order valence-corrected chi connectivity index (χ1v) is 5.47. The van der Waals surface area contributed by atoms with Gasteiger partial charge in [-0.1, -0.05) is 30.7 Å². The highest BCUT2D eigenvalue weighted by atomic mass is 14.9. The number of nitrogens with one attached hydrogen (secondary N) is 1. The Morgan fingerprint density at radius 3 is 2.64 bits per heavy atom. The van der Waals surface area contributed by atoms with Gasteiger partial charge in [-0.15, -0.1) is 0 Å². The molecule has 1 heteroatoms. The standard InChI is InChI=1S/C13H19N/c1-9-4-5-12(11(3)6-9)13-7-10(2)8-14-13/h4-6,10,13-14H,7-8H2,1-3H3/t10-,13+/m0/s1. The minimum Gasteiger partial charge on any atom is -0.310 e. The van der Waals surface area contributed by atoms with Crippen molar-refractivity contribution < 1.29 is 0 Å². The van der Waals surface area contributed by atoms with Gasteiger partial charge in [-0.3, -0.25) is 0 Å². The molecule has 0 radical (unpaired) electrons. The van der Waals surface area contributed by atoms with Crippen molar-refractivity contribution in [2.45, 2.75) is 33.2 Å². The van der Waals surface area contributed by atoms with Crippen LogP contribution >= 0.6 is 0 Å². The summed E-state index contributed by atoms with van der Waals surface area (Å²) in [5, 5.41) is 3.58. The minimum atomic E-state index is 0.589. The molecule has 0 unspecified atom stereocenters. The predicted molar refractivity (Wildman–Crippen MR) is 60.4 cm³/mol. The second kappa shape index (κ2) is 3.74. The molecule has 1 fully saturated rings. The van der Waals surface area contributed by atoms with Crippen molar-refractivity contribution >= 4 is 0 Å². The molecule has 0 aromatic heterocycles. The largest absolute Gasteiger partial charge is 0.310 e. The Hall–Kier alpha value is -0.820. The molecule has 1 N–H and O–H groups in total. The van der Waals surface area contributed by atoms with Gasteiger partial charge >= 0.3 is 0 Å². The number of hydrogen-bond donors (Lipinski definition) is 1. The van der Waals surface area contributed by atoms with Crippen LogP contribution in [0.1, 0.15) is 36.1 Å². The Labute approximate surface area is 86.5 Å². The summed E-state index contributed by atoms with van der Waals surface area (Å²) in [6.45, 7) is 7.85. The maximum atomic E-state index is 3.58. The lowest BCUT2D eigenvalue weighted by Crippen LogP contribution is -2.14. The van der Waals surface area contributed by atoms with Crippen molar-refractivity contribution in [3.05, 3.63) is 34.9 Å². The Morgan fingerprint density at radius 1 is 1.29 bits per heavy atom. The van der Waals surface area contributed by atoms with Crippen LogP contribution in [-0.4, -0.2) is 6.54 Å². The second-order valence-corrected chi connectivity index (χ2v) is 4.66. The van der Waals surface area contributed by atoms with E-state index in [1.165, 1.54) is 23.1 Å². The molecule has 0 saturated carbocycles. The van der Waals surface area contributed by atoms with Gasteiger partial charge in [0.15, 0.2) is 0 Å². The van der Waals surface area contributed by atoms with E-state index in [1.807, 2.05) is 0 Å². The van der Waals surface area contributed by atoms with Gasteiger partial charge in [0, 0.05) is 6.04 Å². The summed E-state index contributed by atoms with van der Waals surface area (Å²) in [5.41, 5.74) is 4.27. The molecule has 1 aliphatic rings. The molecule has 2 atom stereocenters. The van der Waals surface area contributed by atoms with Gasteiger partial charge in [-0.25, -0.2) is 0 Å². The highest BCUT2D eigenvalue weighted by Gasteiger charge is 2.22. The van der Waals surface area contributed by atoms with Crippen molar-refractivity contribution in [2.24, 2.45) is 5.92 Å². The first-order valence-electron chi connectivity index (χ1n) is 5.47. The van der Waals surface area contributed by atoms with E-state index in [-0.39, 0.29) is 0 Å². The zero-order valence-corrected chi connectivity index (χ0v) is 9.30. The first-order chi connectivity index (χ1) is 6.66. The molecule has 0 amide bonds. The van der Waals surface area contributed by atoms with Crippen LogP contribution in [-0.2, 0) is 0 Å². The van der Waals surface area contributed by atoms with E-state index in [4.69, 9.17) is 0 Å². The van der Waals surface area contributed by atoms with Crippen molar-refractivity contribution in [2.75, 3.05) is 6.54 Å². The lowest BCUT2D eigenvalue weighted by Gasteiger charge is -2.14. The summed E-state index contributed by atoms with van der Waals surface area (Å²) in [4.78, 5) is 0. The van der Waals surface area contributed by atoms with Crippen LogP contribution in [0.4, 0.5) is 0 Å². The van der Waals surface area contributed by atoms with Gasteiger partial charge in [0.05, 0.1) is 0 Å². The molecule has 1 heterocycles. The van der Waals surface area contributed by atoms with Crippen LogP contribution in [0.2, 0.25) is 0 Å². The predicted octanol–water partition coefficient (Wildman–Crippen LogP) is 2.97. The van der Waals surface area contributed by atoms with Crippen molar-refractivity contribution in [1.29, 1.82) is 0 Å². The highest BCUT2D eigenvalue weighted by molar-refractivity contribution is 5.33. The van der Waals surface area contributed by atoms with E-state index < -0.39 is 0 Å². The van der Waals surface area contributed by atoms with E-state index in [1.54, 1.807) is 0 Å². The smallest absolute Gasteiger partial charge is 0.0325 e. The van der Waals surface area contributed by atoms with Gasteiger partial charge in [0.1, 0.15) is 0 Å². The van der Waals surface area contributed by atoms with Crippen molar-refractivity contribution in [3.63, 3.8) is 0 Å². The molecule has 0 spiro atoms. The quantitative estimate of drug-likeness (QED) is 0.716. The molecular weight excluding hydrogens is 170 g/mol. The van der Waals surface area contributed by atoms with Crippen LogP contribution in [0.5, 0.6) is 0 Å². The third kappa shape index (κ3) is 1.83. The van der Waals surface area contributed by atoms with E-state index in [9.17, 15) is 0 Å². The highest BCUT2D eigenvalue weighted by Crippen LogP contribution is 2.29. The summed E-state index contributed by atoms with van der Waals surface area (Å²) in [5.74, 6) is 0.820. The molecule has 1 aromatic carbocycles. The van der Waals surface area contributed by atoms with E-state index in [0.29, 0.717) is 6.04 Å². The van der Waals surface area contributed by atoms with Crippen LogP contribution in [0.25, 0.3) is 0 Å². The van der Waals surface area contributed by atoms with Crippen LogP contribution in [0.15, 0.2) is 18.2 Å². The molecule has 1 nitrogen and oxygen atoms in total. The Bertz CT molecular complexity index is 330. The van der Waals surface area contributed by atoms with Gasteiger partial charge in [-0.05, 0) is 43.9 Å². The third-order valence-electron chi connectivity index (χ3n) is 3.15. The van der Waals surface area contributed by atoms with Crippen LogP contribution in [0, 0.1) is 19.8 Å². The number of rotatable bonds is 1.